The van der Waals surface area contributed by atoms with E-state index in [9.17, 15) is 9.90 Å². The molecule has 0 unspecified atom stereocenters. The smallest absolute Gasteiger partial charge is 0.354 e. The Balaban J connectivity index is 0.000000247. The average molecular weight is 491 g/mol. The fourth-order valence-corrected chi connectivity index (χ4v) is 3.95. The van der Waals surface area contributed by atoms with Crippen molar-refractivity contribution in [1.29, 1.82) is 0 Å². The van der Waals surface area contributed by atoms with Gasteiger partial charge in [-0.3, -0.25) is 0 Å². The van der Waals surface area contributed by atoms with E-state index in [0.717, 1.165) is 24.9 Å². The zero-order chi connectivity index (χ0) is 25.7. The van der Waals surface area contributed by atoms with Gasteiger partial charge in [-0.25, -0.2) is 9.78 Å². The standard InChI is InChI=1S/C16H35NO.C13H15NO3/c1-5-6-7-8-9-10-11-12-13-17-16(4,14-18)15(2)3;15-13(16)11-6-5-10(9-3-4-9)12(14-11)17-7-8-1-2-8/h15,17-18H,5-14H2,1-4H3;5-6,8-9H,1-4,7H2,(H,15,16)/t16-;/m0./s1. The maximum absolute atomic E-state index is 10.9. The van der Waals surface area contributed by atoms with Crippen LogP contribution in [0.5, 0.6) is 5.88 Å². The molecule has 0 aliphatic heterocycles. The van der Waals surface area contributed by atoms with Crippen LogP contribution in [0, 0.1) is 11.8 Å². The van der Waals surface area contributed by atoms with Gasteiger partial charge in [-0.05, 0) is 69.4 Å². The zero-order valence-electron chi connectivity index (χ0n) is 22.7. The summed E-state index contributed by atoms with van der Waals surface area (Å²) in [5.74, 6) is 1.19. The number of rotatable bonds is 17. The van der Waals surface area contributed by atoms with Crippen molar-refractivity contribution in [2.45, 2.75) is 116 Å². The summed E-state index contributed by atoms with van der Waals surface area (Å²) < 4.78 is 5.68. The topological polar surface area (TPSA) is 91.7 Å². The molecule has 1 heterocycles. The number of nitrogens with one attached hydrogen (secondary N) is 1. The van der Waals surface area contributed by atoms with Gasteiger partial charge >= 0.3 is 5.97 Å². The van der Waals surface area contributed by atoms with E-state index in [-0.39, 0.29) is 17.8 Å². The minimum absolute atomic E-state index is 0.0696. The van der Waals surface area contributed by atoms with E-state index in [1.807, 2.05) is 6.07 Å². The first kappa shape index (κ1) is 29.6. The normalized spacial score (nSPS) is 17.0. The lowest BCUT2D eigenvalue weighted by molar-refractivity contribution is 0.0689. The number of aliphatic hydroxyl groups excluding tert-OH is 1. The number of carbonyl (C=O) groups is 1. The minimum atomic E-state index is -0.997. The Morgan fingerprint density at radius 3 is 2.23 bits per heavy atom. The fraction of sp³-hybridized carbons (Fsp3) is 0.793. The number of hydrogen-bond acceptors (Lipinski definition) is 5. The number of carboxylic acid groups (broad SMARTS) is 1. The number of aliphatic hydroxyl groups is 1. The van der Waals surface area contributed by atoms with Crippen LogP contribution in [0.2, 0.25) is 0 Å². The van der Waals surface area contributed by atoms with E-state index in [4.69, 9.17) is 9.84 Å². The fourth-order valence-electron chi connectivity index (χ4n) is 3.95. The number of carboxylic acids is 1. The van der Waals surface area contributed by atoms with E-state index >= 15 is 0 Å². The molecule has 0 amide bonds. The third-order valence-electron chi connectivity index (χ3n) is 7.44. The van der Waals surface area contributed by atoms with Crippen LogP contribution in [0.1, 0.15) is 127 Å². The summed E-state index contributed by atoms with van der Waals surface area (Å²) in [5.41, 5.74) is 1.04. The second kappa shape index (κ2) is 15.5. The lowest BCUT2D eigenvalue weighted by Gasteiger charge is -2.33. The molecule has 2 aliphatic rings. The molecule has 0 bridgehead atoms. The summed E-state index contributed by atoms with van der Waals surface area (Å²) in [7, 11) is 0. The second-order valence-electron chi connectivity index (χ2n) is 11.1. The highest BCUT2D eigenvalue weighted by molar-refractivity contribution is 5.85. The molecule has 2 fully saturated rings. The number of aromatic carboxylic acids is 1. The van der Waals surface area contributed by atoms with Crippen LogP contribution in [-0.4, -0.2) is 46.5 Å². The molecule has 3 rings (SSSR count). The molecule has 0 saturated heterocycles. The molecule has 1 atom stereocenters. The molecule has 0 spiro atoms. The third kappa shape index (κ3) is 11.3. The Labute approximate surface area is 213 Å². The SMILES string of the molecule is CCCCCCCCCCN[C@@](C)(CO)C(C)C.O=C(O)c1ccc(C2CC2)c(OCC2CC2)n1. The van der Waals surface area contributed by atoms with Gasteiger partial charge in [0.05, 0.1) is 13.2 Å². The maximum Gasteiger partial charge on any atom is 0.354 e. The molecule has 35 heavy (non-hydrogen) atoms. The van der Waals surface area contributed by atoms with Crippen LogP contribution >= 0.6 is 0 Å². The molecule has 6 heteroatoms. The van der Waals surface area contributed by atoms with Crippen molar-refractivity contribution in [3.63, 3.8) is 0 Å². The van der Waals surface area contributed by atoms with Crippen LogP contribution in [0.3, 0.4) is 0 Å². The summed E-state index contributed by atoms with van der Waals surface area (Å²) in [5, 5.41) is 21.8. The predicted molar refractivity (Wildman–Crippen MR) is 142 cm³/mol. The Bertz CT molecular complexity index is 746. The number of ether oxygens (including phenoxy) is 1. The second-order valence-corrected chi connectivity index (χ2v) is 11.1. The number of unbranched alkanes of at least 4 members (excludes halogenated alkanes) is 7. The van der Waals surface area contributed by atoms with E-state index < -0.39 is 5.97 Å². The van der Waals surface area contributed by atoms with E-state index in [1.165, 1.54) is 64.2 Å². The lowest BCUT2D eigenvalue weighted by atomic mass is 9.89. The molecule has 6 nitrogen and oxygen atoms in total. The summed E-state index contributed by atoms with van der Waals surface area (Å²) in [6.45, 7) is 10.6. The summed E-state index contributed by atoms with van der Waals surface area (Å²) >= 11 is 0. The van der Waals surface area contributed by atoms with Crippen molar-refractivity contribution in [1.82, 2.24) is 10.3 Å². The van der Waals surface area contributed by atoms with Crippen molar-refractivity contribution in [3.8, 4) is 5.88 Å². The molecule has 0 radical (unpaired) electrons. The van der Waals surface area contributed by atoms with Crippen LogP contribution in [0.4, 0.5) is 0 Å². The van der Waals surface area contributed by atoms with Gasteiger partial charge in [-0.1, -0.05) is 71.8 Å². The Hall–Kier alpha value is -1.66. The molecule has 1 aromatic heterocycles. The van der Waals surface area contributed by atoms with Gasteiger partial charge in [0, 0.05) is 11.1 Å². The van der Waals surface area contributed by atoms with E-state index in [1.54, 1.807) is 6.07 Å². The summed E-state index contributed by atoms with van der Waals surface area (Å²) in [6.07, 6.45) is 15.6. The minimum Gasteiger partial charge on any atom is -0.477 e. The lowest BCUT2D eigenvalue weighted by Crippen LogP contribution is -2.50. The zero-order valence-corrected chi connectivity index (χ0v) is 22.7. The highest BCUT2D eigenvalue weighted by atomic mass is 16.5. The summed E-state index contributed by atoms with van der Waals surface area (Å²) in [4.78, 5) is 15.0. The van der Waals surface area contributed by atoms with Crippen LogP contribution in [0.15, 0.2) is 12.1 Å². The van der Waals surface area contributed by atoms with Crippen molar-refractivity contribution >= 4 is 5.97 Å². The molecule has 1 aromatic rings. The first-order valence-corrected chi connectivity index (χ1v) is 14.0. The molecular formula is C29H50N2O4. The van der Waals surface area contributed by atoms with Crippen molar-refractivity contribution < 1.29 is 19.7 Å². The monoisotopic (exact) mass is 490 g/mol. The van der Waals surface area contributed by atoms with Crippen molar-refractivity contribution in [3.05, 3.63) is 23.4 Å². The highest BCUT2D eigenvalue weighted by Crippen LogP contribution is 2.44. The largest absolute Gasteiger partial charge is 0.477 e. The average Bonchev–Trinajstić information content (AvgIpc) is 3.76. The van der Waals surface area contributed by atoms with Crippen LogP contribution in [0.25, 0.3) is 0 Å². The maximum atomic E-state index is 10.9. The summed E-state index contributed by atoms with van der Waals surface area (Å²) in [6, 6.07) is 3.43. The Morgan fingerprint density at radius 2 is 1.71 bits per heavy atom. The van der Waals surface area contributed by atoms with Gasteiger partial charge < -0.3 is 20.3 Å². The molecule has 2 saturated carbocycles. The Morgan fingerprint density at radius 1 is 1.09 bits per heavy atom. The van der Waals surface area contributed by atoms with Gasteiger partial charge in [0.2, 0.25) is 5.88 Å². The molecule has 0 aromatic carbocycles. The van der Waals surface area contributed by atoms with Gasteiger partial charge in [-0.15, -0.1) is 0 Å². The molecule has 3 N–H and O–H groups in total. The van der Waals surface area contributed by atoms with Gasteiger partial charge in [-0.2, -0.15) is 0 Å². The Kier molecular flexibility index (Phi) is 13.1. The number of aromatic nitrogens is 1. The van der Waals surface area contributed by atoms with Gasteiger partial charge in [0.15, 0.2) is 5.69 Å². The van der Waals surface area contributed by atoms with Gasteiger partial charge in [0.1, 0.15) is 0 Å². The van der Waals surface area contributed by atoms with Gasteiger partial charge in [0.25, 0.3) is 0 Å². The quantitative estimate of drug-likeness (QED) is 0.214. The molecule has 2 aliphatic carbocycles. The van der Waals surface area contributed by atoms with Crippen molar-refractivity contribution in [2.75, 3.05) is 19.8 Å². The number of pyridine rings is 1. The number of hydrogen-bond donors (Lipinski definition) is 3. The van der Waals surface area contributed by atoms with Crippen LogP contribution < -0.4 is 10.1 Å². The molecular weight excluding hydrogens is 440 g/mol. The van der Waals surface area contributed by atoms with Crippen LogP contribution in [-0.2, 0) is 0 Å². The molecule has 200 valence electrons. The van der Waals surface area contributed by atoms with Crippen molar-refractivity contribution in [2.24, 2.45) is 11.8 Å². The first-order valence-electron chi connectivity index (χ1n) is 14.0. The predicted octanol–water partition coefficient (Wildman–Crippen LogP) is 6.57. The first-order chi connectivity index (χ1) is 16.8. The number of nitrogens with zero attached hydrogens (tertiary/aromatic N) is 1. The van der Waals surface area contributed by atoms with E-state index in [0.29, 0.717) is 30.2 Å². The highest BCUT2D eigenvalue weighted by Gasteiger charge is 2.30. The van der Waals surface area contributed by atoms with E-state index in [2.05, 4.69) is 38.0 Å². The third-order valence-corrected chi connectivity index (χ3v) is 7.44.